The van der Waals surface area contributed by atoms with E-state index in [4.69, 9.17) is 4.74 Å². The number of benzene rings is 1. The molecule has 0 aromatic heterocycles. The SMILES string of the molecule is CC(C)(C)OC(=O)Nc1ccccc1CC1(C(=O)O)CC1. The molecule has 0 heterocycles. The number of para-hydroxylation sites is 1. The molecule has 0 radical (unpaired) electrons. The summed E-state index contributed by atoms with van der Waals surface area (Å²) in [5.41, 5.74) is 0.200. The van der Waals surface area contributed by atoms with Crippen LogP contribution in [0.4, 0.5) is 10.5 Å². The molecule has 0 saturated heterocycles. The molecule has 5 heteroatoms. The largest absolute Gasteiger partial charge is 0.481 e. The van der Waals surface area contributed by atoms with E-state index in [2.05, 4.69) is 5.32 Å². The minimum atomic E-state index is -0.769. The van der Waals surface area contributed by atoms with E-state index in [0.29, 0.717) is 24.9 Å². The van der Waals surface area contributed by atoms with Gasteiger partial charge >= 0.3 is 12.1 Å². The van der Waals surface area contributed by atoms with Crippen LogP contribution < -0.4 is 5.32 Å². The fourth-order valence-corrected chi connectivity index (χ4v) is 2.19. The van der Waals surface area contributed by atoms with Gasteiger partial charge in [-0.15, -0.1) is 0 Å². The number of ether oxygens (including phenoxy) is 1. The van der Waals surface area contributed by atoms with Crippen LogP contribution in [0, 0.1) is 5.41 Å². The van der Waals surface area contributed by atoms with Gasteiger partial charge in [-0.2, -0.15) is 0 Å². The van der Waals surface area contributed by atoms with Gasteiger partial charge < -0.3 is 9.84 Å². The molecule has 1 aromatic rings. The zero-order valence-corrected chi connectivity index (χ0v) is 12.6. The van der Waals surface area contributed by atoms with Crippen LogP contribution >= 0.6 is 0 Å². The Morgan fingerprint density at radius 2 is 1.90 bits per heavy atom. The molecular formula is C16H21NO4. The molecule has 21 heavy (non-hydrogen) atoms. The number of carbonyl (C=O) groups excluding carboxylic acids is 1. The molecule has 0 bridgehead atoms. The molecule has 1 amide bonds. The summed E-state index contributed by atoms with van der Waals surface area (Å²) in [6.45, 7) is 5.38. The van der Waals surface area contributed by atoms with E-state index in [0.717, 1.165) is 5.56 Å². The molecule has 0 spiro atoms. The number of nitrogens with one attached hydrogen (secondary N) is 1. The predicted octanol–water partition coefficient (Wildman–Crippen LogP) is 3.44. The summed E-state index contributed by atoms with van der Waals surface area (Å²) >= 11 is 0. The Labute approximate surface area is 124 Å². The number of aliphatic carboxylic acids is 1. The highest BCUT2D eigenvalue weighted by Gasteiger charge is 2.50. The Kier molecular flexibility index (Phi) is 3.94. The van der Waals surface area contributed by atoms with Gasteiger partial charge in [-0.1, -0.05) is 18.2 Å². The summed E-state index contributed by atoms with van der Waals surface area (Å²) in [6.07, 6.45) is 1.26. The Morgan fingerprint density at radius 1 is 1.29 bits per heavy atom. The lowest BCUT2D eigenvalue weighted by Gasteiger charge is -2.21. The lowest BCUT2D eigenvalue weighted by atomic mass is 9.95. The highest BCUT2D eigenvalue weighted by atomic mass is 16.6. The first kappa shape index (κ1) is 15.4. The molecule has 1 saturated carbocycles. The van der Waals surface area contributed by atoms with Gasteiger partial charge in [-0.3, -0.25) is 10.1 Å². The van der Waals surface area contributed by atoms with Crippen molar-refractivity contribution in [3.8, 4) is 0 Å². The van der Waals surface area contributed by atoms with Gasteiger partial charge in [0.2, 0.25) is 0 Å². The zero-order valence-electron chi connectivity index (χ0n) is 12.6. The van der Waals surface area contributed by atoms with Crippen molar-refractivity contribution in [3.05, 3.63) is 29.8 Å². The molecule has 1 aliphatic carbocycles. The second-order valence-corrected chi connectivity index (χ2v) is 6.55. The maximum atomic E-state index is 11.8. The maximum absolute atomic E-state index is 11.8. The van der Waals surface area contributed by atoms with Crippen molar-refractivity contribution < 1.29 is 19.4 Å². The minimum absolute atomic E-state index is 0.425. The average molecular weight is 291 g/mol. The highest BCUT2D eigenvalue weighted by molar-refractivity contribution is 5.86. The summed E-state index contributed by atoms with van der Waals surface area (Å²) in [7, 11) is 0. The van der Waals surface area contributed by atoms with Gasteiger partial charge in [0.05, 0.1) is 5.41 Å². The summed E-state index contributed by atoms with van der Waals surface area (Å²) in [5, 5.41) is 12.0. The number of anilines is 1. The molecule has 2 N–H and O–H groups in total. The Balaban J connectivity index is 2.11. The molecular weight excluding hydrogens is 270 g/mol. The van der Waals surface area contributed by atoms with Crippen molar-refractivity contribution >= 4 is 17.7 Å². The lowest BCUT2D eigenvalue weighted by Crippen LogP contribution is -2.27. The Bertz CT molecular complexity index is 556. The van der Waals surface area contributed by atoms with Gasteiger partial charge in [-0.25, -0.2) is 4.79 Å². The van der Waals surface area contributed by atoms with Crippen LogP contribution in [0.3, 0.4) is 0 Å². The van der Waals surface area contributed by atoms with Gasteiger partial charge in [-0.05, 0) is 51.7 Å². The normalized spacial score (nSPS) is 16.1. The summed E-state index contributed by atoms with van der Waals surface area (Å²) in [4.78, 5) is 23.1. The third-order valence-corrected chi connectivity index (χ3v) is 3.49. The van der Waals surface area contributed by atoms with Crippen molar-refractivity contribution in [3.63, 3.8) is 0 Å². The van der Waals surface area contributed by atoms with Crippen LogP contribution in [0.2, 0.25) is 0 Å². The summed E-state index contributed by atoms with van der Waals surface area (Å²) < 4.78 is 5.22. The number of amides is 1. The van der Waals surface area contributed by atoms with Crippen molar-refractivity contribution in [2.24, 2.45) is 5.41 Å². The van der Waals surface area contributed by atoms with Crippen LogP contribution in [0.25, 0.3) is 0 Å². The van der Waals surface area contributed by atoms with E-state index in [1.165, 1.54) is 0 Å². The molecule has 1 aromatic carbocycles. The van der Waals surface area contributed by atoms with Crippen LogP contribution in [0.5, 0.6) is 0 Å². The van der Waals surface area contributed by atoms with Gasteiger partial charge in [0, 0.05) is 5.69 Å². The number of hydrogen-bond donors (Lipinski definition) is 2. The third kappa shape index (κ3) is 3.97. The van der Waals surface area contributed by atoms with Crippen molar-refractivity contribution in [2.45, 2.75) is 45.6 Å². The van der Waals surface area contributed by atoms with Crippen LogP contribution in [-0.4, -0.2) is 22.8 Å². The smallest absolute Gasteiger partial charge is 0.412 e. The number of rotatable bonds is 4. The summed E-state index contributed by atoms with van der Waals surface area (Å²) in [5.74, 6) is -0.769. The molecule has 1 aliphatic rings. The zero-order chi connectivity index (χ0) is 15.7. The number of carbonyl (C=O) groups is 2. The highest BCUT2D eigenvalue weighted by Crippen LogP contribution is 2.49. The Hall–Kier alpha value is -2.04. The molecule has 2 rings (SSSR count). The van der Waals surface area contributed by atoms with Gasteiger partial charge in [0.25, 0.3) is 0 Å². The van der Waals surface area contributed by atoms with E-state index in [-0.39, 0.29) is 0 Å². The first-order chi connectivity index (χ1) is 9.72. The average Bonchev–Trinajstić information content (AvgIpc) is 3.10. The Morgan fingerprint density at radius 3 is 2.43 bits per heavy atom. The van der Waals surface area contributed by atoms with Gasteiger partial charge in [0.15, 0.2) is 0 Å². The fourth-order valence-electron chi connectivity index (χ4n) is 2.19. The summed E-state index contributed by atoms with van der Waals surface area (Å²) in [6, 6.07) is 7.25. The first-order valence-electron chi connectivity index (χ1n) is 7.03. The molecule has 1 fully saturated rings. The molecule has 0 aliphatic heterocycles. The van der Waals surface area contributed by atoms with E-state index < -0.39 is 23.1 Å². The molecule has 0 unspecified atom stereocenters. The van der Waals surface area contributed by atoms with Crippen molar-refractivity contribution in [2.75, 3.05) is 5.32 Å². The maximum Gasteiger partial charge on any atom is 0.412 e. The first-order valence-corrected chi connectivity index (χ1v) is 7.03. The molecule has 5 nitrogen and oxygen atoms in total. The monoisotopic (exact) mass is 291 g/mol. The fraction of sp³-hybridized carbons (Fsp3) is 0.500. The van der Waals surface area contributed by atoms with Gasteiger partial charge in [0.1, 0.15) is 5.60 Å². The second-order valence-electron chi connectivity index (χ2n) is 6.55. The predicted molar refractivity (Wildman–Crippen MR) is 79.3 cm³/mol. The van der Waals surface area contributed by atoms with Crippen LogP contribution in [-0.2, 0) is 16.0 Å². The van der Waals surface area contributed by atoms with Crippen molar-refractivity contribution in [1.29, 1.82) is 0 Å². The van der Waals surface area contributed by atoms with Crippen molar-refractivity contribution in [1.82, 2.24) is 0 Å². The van der Waals surface area contributed by atoms with E-state index in [1.807, 2.05) is 12.1 Å². The number of carboxylic acids is 1. The third-order valence-electron chi connectivity index (χ3n) is 3.49. The second kappa shape index (κ2) is 5.39. The number of carboxylic acid groups (broad SMARTS) is 1. The molecule has 0 atom stereocenters. The van der Waals surface area contributed by atoms with E-state index >= 15 is 0 Å². The van der Waals surface area contributed by atoms with Crippen LogP contribution in [0.15, 0.2) is 24.3 Å². The minimum Gasteiger partial charge on any atom is -0.481 e. The molecule has 114 valence electrons. The standard InChI is InChI=1S/C16H21NO4/c1-15(2,3)21-14(20)17-12-7-5-4-6-11(12)10-16(8-9-16)13(18)19/h4-7H,8-10H2,1-3H3,(H,17,20)(H,18,19). The quantitative estimate of drug-likeness (QED) is 0.891. The van der Waals surface area contributed by atoms with Crippen LogP contribution in [0.1, 0.15) is 39.2 Å². The number of hydrogen-bond acceptors (Lipinski definition) is 3. The topological polar surface area (TPSA) is 75.6 Å². The van der Waals surface area contributed by atoms with E-state index in [1.54, 1.807) is 32.9 Å². The lowest BCUT2D eigenvalue weighted by molar-refractivity contribution is -0.143. The van der Waals surface area contributed by atoms with E-state index in [9.17, 15) is 14.7 Å².